The number of fused-ring (bicyclic) bond motifs is 5. The first kappa shape index (κ1) is 26.0. The predicted octanol–water partition coefficient (Wildman–Crippen LogP) is 4.56. The van der Waals surface area contributed by atoms with Crippen molar-refractivity contribution < 1.29 is 28.6 Å². The van der Waals surface area contributed by atoms with E-state index >= 15 is 0 Å². The minimum absolute atomic E-state index is 0.0451. The van der Waals surface area contributed by atoms with E-state index in [9.17, 15) is 9.59 Å². The number of carbonyl (C=O) groups is 2. The zero-order chi connectivity index (χ0) is 27.6. The van der Waals surface area contributed by atoms with Gasteiger partial charge in [-0.2, -0.15) is 0 Å². The predicted molar refractivity (Wildman–Crippen MR) is 153 cm³/mol. The number of hydrogen-bond donors (Lipinski definition) is 0. The lowest BCUT2D eigenvalue weighted by Gasteiger charge is -2.28. The number of hydrogen-bond acceptors (Lipinski definition) is 8. The Bertz CT molecular complexity index is 1620. The molecule has 0 atom stereocenters. The molecule has 0 saturated carbocycles. The first-order chi connectivity index (χ1) is 19.5. The summed E-state index contributed by atoms with van der Waals surface area (Å²) in [5, 5.41) is 5.80. The highest BCUT2D eigenvalue weighted by Crippen LogP contribution is 2.41. The van der Waals surface area contributed by atoms with E-state index in [1.165, 1.54) is 6.92 Å². The summed E-state index contributed by atoms with van der Waals surface area (Å²) in [4.78, 5) is 32.1. The van der Waals surface area contributed by atoms with E-state index in [1.54, 1.807) is 0 Å². The van der Waals surface area contributed by atoms with Crippen molar-refractivity contribution in [3.05, 3.63) is 71.3 Å². The van der Waals surface area contributed by atoms with E-state index in [4.69, 9.17) is 19.0 Å². The number of anilines is 1. The van der Waals surface area contributed by atoms with Gasteiger partial charge in [0.05, 0.1) is 30.7 Å². The van der Waals surface area contributed by atoms with Gasteiger partial charge >= 0.3 is 5.97 Å². The maximum Gasteiger partial charge on any atom is 0.331 e. The Morgan fingerprint density at radius 1 is 0.975 bits per heavy atom. The van der Waals surface area contributed by atoms with Crippen molar-refractivity contribution in [2.24, 2.45) is 5.16 Å². The second-order valence-electron chi connectivity index (χ2n) is 9.80. The molecule has 0 amide bonds. The summed E-state index contributed by atoms with van der Waals surface area (Å²) in [6.07, 6.45) is 0. The van der Waals surface area contributed by atoms with E-state index in [0.717, 1.165) is 46.1 Å². The SMILES string of the molecule is CCOCCn1c2ccc(C(=O)c3ccc(N4CCOCC4)cc3)cc2c2c3c(ccc21)/C(=N/OC(C)=O)CO3. The van der Waals surface area contributed by atoms with Crippen LogP contribution in [0.4, 0.5) is 5.69 Å². The molecule has 3 aromatic carbocycles. The Balaban J connectivity index is 1.41. The summed E-state index contributed by atoms with van der Waals surface area (Å²) in [7, 11) is 0. The number of oxime groups is 1. The van der Waals surface area contributed by atoms with Crippen molar-refractivity contribution in [2.75, 3.05) is 51.0 Å². The maximum absolute atomic E-state index is 13.6. The molecule has 0 N–H and O–H groups in total. The monoisotopic (exact) mass is 541 g/mol. The molecule has 2 aliphatic rings. The fourth-order valence-corrected chi connectivity index (χ4v) is 5.44. The molecular weight excluding hydrogens is 510 g/mol. The van der Waals surface area contributed by atoms with Crippen molar-refractivity contribution in [1.29, 1.82) is 0 Å². The van der Waals surface area contributed by atoms with Crippen LogP contribution >= 0.6 is 0 Å². The van der Waals surface area contributed by atoms with Crippen molar-refractivity contribution in [3.63, 3.8) is 0 Å². The van der Waals surface area contributed by atoms with Gasteiger partial charge in [-0.25, -0.2) is 4.79 Å². The lowest BCUT2D eigenvalue weighted by molar-refractivity contribution is -0.140. The number of nitrogens with zero attached hydrogens (tertiary/aromatic N) is 3. The molecule has 1 fully saturated rings. The number of rotatable bonds is 8. The van der Waals surface area contributed by atoms with Gasteiger partial charge in [-0.15, -0.1) is 0 Å². The maximum atomic E-state index is 13.6. The van der Waals surface area contributed by atoms with E-state index < -0.39 is 5.97 Å². The Morgan fingerprint density at radius 3 is 2.48 bits per heavy atom. The average Bonchev–Trinajstić information content (AvgIpc) is 3.54. The highest BCUT2D eigenvalue weighted by Gasteiger charge is 2.27. The highest BCUT2D eigenvalue weighted by molar-refractivity contribution is 6.20. The van der Waals surface area contributed by atoms with Crippen LogP contribution in [0.15, 0.2) is 59.8 Å². The summed E-state index contributed by atoms with van der Waals surface area (Å²) in [6.45, 7) is 8.43. The van der Waals surface area contributed by atoms with Gasteiger partial charge in [0.25, 0.3) is 0 Å². The van der Waals surface area contributed by atoms with E-state index in [1.807, 2.05) is 61.5 Å². The second kappa shape index (κ2) is 11.1. The molecule has 0 bridgehead atoms. The van der Waals surface area contributed by atoms with Crippen molar-refractivity contribution in [3.8, 4) is 5.75 Å². The largest absolute Gasteiger partial charge is 0.486 e. The molecule has 1 saturated heterocycles. The Morgan fingerprint density at radius 2 is 1.73 bits per heavy atom. The second-order valence-corrected chi connectivity index (χ2v) is 9.80. The summed E-state index contributed by atoms with van der Waals surface area (Å²) in [5.74, 6) is 0.134. The minimum atomic E-state index is -0.490. The van der Waals surface area contributed by atoms with E-state index in [-0.39, 0.29) is 12.4 Å². The van der Waals surface area contributed by atoms with Crippen LogP contribution in [0.25, 0.3) is 21.8 Å². The molecule has 6 rings (SSSR count). The molecule has 1 aromatic heterocycles. The Labute approximate surface area is 231 Å². The molecule has 0 aliphatic carbocycles. The normalized spacial score (nSPS) is 15.9. The molecule has 206 valence electrons. The number of ketones is 1. The van der Waals surface area contributed by atoms with Gasteiger partial charge in [-0.1, -0.05) is 5.16 Å². The van der Waals surface area contributed by atoms with Gasteiger partial charge in [0.2, 0.25) is 0 Å². The third kappa shape index (κ3) is 4.82. The van der Waals surface area contributed by atoms with Gasteiger partial charge in [0, 0.05) is 66.4 Å². The number of carbonyl (C=O) groups excluding carboxylic acids is 2. The van der Waals surface area contributed by atoms with Crippen LogP contribution in [0, 0.1) is 0 Å². The lowest BCUT2D eigenvalue weighted by atomic mass is 10.00. The topological polar surface area (TPSA) is 91.6 Å². The van der Waals surface area contributed by atoms with E-state index in [0.29, 0.717) is 55.6 Å². The smallest absolute Gasteiger partial charge is 0.331 e. The van der Waals surface area contributed by atoms with Gasteiger partial charge in [0.15, 0.2) is 5.78 Å². The molecule has 0 radical (unpaired) electrons. The molecule has 2 aliphatic heterocycles. The molecule has 0 unspecified atom stereocenters. The molecule has 40 heavy (non-hydrogen) atoms. The minimum Gasteiger partial charge on any atom is -0.486 e. The van der Waals surface area contributed by atoms with Gasteiger partial charge in [-0.05, 0) is 61.5 Å². The molecule has 9 nitrogen and oxygen atoms in total. The van der Waals surface area contributed by atoms with E-state index in [2.05, 4.69) is 14.6 Å². The summed E-state index contributed by atoms with van der Waals surface area (Å²) in [6, 6.07) is 17.6. The third-order valence-electron chi connectivity index (χ3n) is 7.36. The number of benzene rings is 3. The number of ether oxygens (including phenoxy) is 3. The summed E-state index contributed by atoms with van der Waals surface area (Å²) < 4.78 is 19.4. The zero-order valence-electron chi connectivity index (χ0n) is 22.6. The third-order valence-corrected chi connectivity index (χ3v) is 7.36. The molecule has 9 heteroatoms. The van der Waals surface area contributed by atoms with Crippen LogP contribution in [0.1, 0.15) is 35.3 Å². The van der Waals surface area contributed by atoms with Gasteiger partial charge < -0.3 is 28.5 Å². The summed E-state index contributed by atoms with van der Waals surface area (Å²) >= 11 is 0. The van der Waals surface area contributed by atoms with Crippen LogP contribution in [-0.2, 0) is 25.7 Å². The van der Waals surface area contributed by atoms with Crippen molar-refractivity contribution in [1.82, 2.24) is 4.57 Å². The Hall–Kier alpha value is -4.21. The van der Waals surface area contributed by atoms with Crippen molar-refractivity contribution >= 4 is 45.0 Å². The molecule has 3 heterocycles. The summed E-state index contributed by atoms with van der Waals surface area (Å²) in [5.41, 5.74) is 5.60. The van der Waals surface area contributed by atoms with Crippen LogP contribution in [0.5, 0.6) is 5.75 Å². The lowest BCUT2D eigenvalue weighted by Crippen LogP contribution is -2.36. The zero-order valence-corrected chi connectivity index (χ0v) is 22.6. The quantitative estimate of drug-likeness (QED) is 0.140. The van der Waals surface area contributed by atoms with Crippen LogP contribution in [-0.4, -0.2) is 68.2 Å². The number of morpholine rings is 1. The van der Waals surface area contributed by atoms with Gasteiger partial charge in [-0.3, -0.25) is 4.79 Å². The Kier molecular flexibility index (Phi) is 7.23. The van der Waals surface area contributed by atoms with Crippen molar-refractivity contribution in [2.45, 2.75) is 20.4 Å². The highest BCUT2D eigenvalue weighted by atomic mass is 16.7. The molecule has 4 aromatic rings. The number of aromatic nitrogens is 1. The van der Waals surface area contributed by atoms with Crippen LogP contribution < -0.4 is 9.64 Å². The first-order valence-corrected chi connectivity index (χ1v) is 13.6. The average molecular weight is 542 g/mol. The van der Waals surface area contributed by atoms with Gasteiger partial charge in [0.1, 0.15) is 18.1 Å². The molecular formula is C31H31N3O6. The fraction of sp³-hybridized carbons (Fsp3) is 0.323. The fourth-order valence-electron chi connectivity index (χ4n) is 5.44. The first-order valence-electron chi connectivity index (χ1n) is 13.6. The van der Waals surface area contributed by atoms with Crippen LogP contribution in [0.3, 0.4) is 0 Å². The molecule has 0 spiro atoms. The van der Waals surface area contributed by atoms with Crippen LogP contribution in [0.2, 0.25) is 0 Å². The standard InChI is InChI=1S/C31H31N3O6/c1-3-37-17-14-34-27-10-6-22(30(36)21-4-7-23(8-5-21)33-12-15-38-16-13-33)18-25(27)29-28(34)11-9-24-26(19-39-31(24)29)32-40-20(2)35/h4-11,18H,3,12-17,19H2,1-2H3/b32-26+.